The van der Waals surface area contributed by atoms with E-state index in [0.717, 1.165) is 59.0 Å². The van der Waals surface area contributed by atoms with Gasteiger partial charge < -0.3 is 5.32 Å². The Hall–Kier alpha value is -3.12. The summed E-state index contributed by atoms with van der Waals surface area (Å²) < 4.78 is 29.4. The Morgan fingerprint density at radius 1 is 1.00 bits per heavy atom. The number of nitrogens with one attached hydrogen (secondary N) is 1. The zero-order chi connectivity index (χ0) is 19.8. The number of para-hydroxylation sites is 1. The van der Waals surface area contributed by atoms with Crippen LogP contribution in [0.5, 0.6) is 0 Å². The summed E-state index contributed by atoms with van der Waals surface area (Å²) in [6.07, 6.45) is 2.22. The maximum absolute atomic E-state index is 14.4. The molecule has 146 valence electrons. The lowest BCUT2D eigenvalue weighted by Crippen LogP contribution is -2.25. The molecule has 3 heterocycles. The van der Waals surface area contributed by atoms with Crippen LogP contribution < -0.4 is 5.32 Å². The van der Waals surface area contributed by atoms with Crippen LogP contribution in [-0.2, 0) is 25.8 Å². The van der Waals surface area contributed by atoms with Crippen LogP contribution in [0.3, 0.4) is 0 Å². The monoisotopic (exact) mass is 390 g/mol. The van der Waals surface area contributed by atoms with Crippen LogP contribution in [0.15, 0.2) is 54.6 Å². The van der Waals surface area contributed by atoms with E-state index in [9.17, 15) is 8.78 Å². The van der Waals surface area contributed by atoms with Crippen molar-refractivity contribution in [2.24, 2.45) is 0 Å². The van der Waals surface area contributed by atoms with Gasteiger partial charge in [0.15, 0.2) is 5.82 Å². The predicted octanol–water partition coefficient (Wildman–Crippen LogP) is 4.13. The summed E-state index contributed by atoms with van der Waals surface area (Å²) in [4.78, 5) is 4.74. The number of aromatic nitrogens is 3. The fraction of sp³-hybridized carbons (Fsp3) is 0.217. The molecule has 2 aromatic carbocycles. The first-order valence-electron chi connectivity index (χ1n) is 9.79. The molecule has 0 amide bonds. The molecule has 0 saturated carbocycles. The van der Waals surface area contributed by atoms with E-state index in [0.29, 0.717) is 18.7 Å². The number of hydrogen-bond donors (Lipinski definition) is 1. The Bertz CT molecular complexity index is 1200. The second-order valence-electron chi connectivity index (χ2n) is 7.30. The summed E-state index contributed by atoms with van der Waals surface area (Å²) in [5, 5.41) is 9.21. The lowest BCUT2D eigenvalue weighted by Gasteiger charge is -2.16. The van der Waals surface area contributed by atoms with Gasteiger partial charge in [-0.05, 0) is 37.1 Å². The van der Waals surface area contributed by atoms with Gasteiger partial charge in [-0.25, -0.2) is 13.5 Å². The highest BCUT2D eigenvalue weighted by Crippen LogP contribution is 2.25. The molecule has 1 N–H and O–H groups in total. The van der Waals surface area contributed by atoms with Crippen LogP contribution >= 0.6 is 0 Å². The number of hydrogen-bond acceptors (Lipinski definition) is 3. The number of aryl methyl sites for hydroxylation is 2. The largest absolute Gasteiger partial charge is 0.312 e. The molecule has 4 nitrogen and oxygen atoms in total. The molecule has 1 aliphatic heterocycles. The number of fused-ring (bicyclic) bond motifs is 2. The maximum Gasteiger partial charge on any atom is 0.151 e. The van der Waals surface area contributed by atoms with Crippen molar-refractivity contribution in [2.45, 2.75) is 25.8 Å². The molecule has 6 heteroatoms. The lowest BCUT2D eigenvalue weighted by molar-refractivity contribution is 0.566. The maximum atomic E-state index is 14.4. The molecule has 0 saturated heterocycles. The van der Waals surface area contributed by atoms with Gasteiger partial charge in [0, 0.05) is 42.2 Å². The average molecular weight is 390 g/mol. The summed E-state index contributed by atoms with van der Waals surface area (Å²) in [6, 6.07) is 15.8. The summed E-state index contributed by atoms with van der Waals surface area (Å²) >= 11 is 0. The van der Waals surface area contributed by atoms with Crippen LogP contribution in [0.2, 0.25) is 0 Å². The Morgan fingerprint density at radius 2 is 1.90 bits per heavy atom. The van der Waals surface area contributed by atoms with Crippen molar-refractivity contribution >= 4 is 10.9 Å². The van der Waals surface area contributed by atoms with Crippen molar-refractivity contribution in [1.82, 2.24) is 20.1 Å². The molecule has 0 atom stereocenters. The molecule has 1 aliphatic rings. The molecular formula is C23H20F2N4. The van der Waals surface area contributed by atoms with Crippen molar-refractivity contribution in [3.05, 3.63) is 88.9 Å². The van der Waals surface area contributed by atoms with Crippen molar-refractivity contribution in [3.63, 3.8) is 0 Å². The quantitative estimate of drug-likeness (QED) is 0.570. The van der Waals surface area contributed by atoms with E-state index < -0.39 is 11.6 Å². The molecule has 29 heavy (non-hydrogen) atoms. The highest BCUT2D eigenvalue weighted by atomic mass is 19.1. The van der Waals surface area contributed by atoms with Crippen LogP contribution in [0.1, 0.15) is 22.6 Å². The average Bonchev–Trinajstić information content (AvgIpc) is 3.11. The minimum Gasteiger partial charge on any atom is -0.312 e. The van der Waals surface area contributed by atoms with Gasteiger partial charge in [0.2, 0.25) is 0 Å². The number of nitrogens with zero attached hydrogens (tertiary/aromatic N) is 3. The van der Waals surface area contributed by atoms with E-state index in [1.807, 2.05) is 30.3 Å². The topological polar surface area (TPSA) is 42.7 Å². The lowest BCUT2D eigenvalue weighted by atomic mass is 10.0. The van der Waals surface area contributed by atoms with Gasteiger partial charge in [-0.1, -0.05) is 24.3 Å². The zero-order valence-corrected chi connectivity index (χ0v) is 15.8. The number of benzene rings is 2. The van der Waals surface area contributed by atoms with Gasteiger partial charge in [-0.3, -0.25) is 4.98 Å². The fourth-order valence-electron chi connectivity index (χ4n) is 3.96. The molecule has 0 spiro atoms. The second kappa shape index (κ2) is 7.37. The molecule has 0 unspecified atom stereocenters. The first kappa shape index (κ1) is 17.9. The van der Waals surface area contributed by atoms with Crippen LogP contribution in [-0.4, -0.2) is 21.3 Å². The van der Waals surface area contributed by atoms with Gasteiger partial charge in [0.25, 0.3) is 0 Å². The standard InChI is InChI=1S/C23H20F2N4/c24-16-6-10-23(19(25)13-16)29-22-11-12-26-14-18(22)21(28-29)9-8-17-7-5-15-3-1-2-4-20(15)27-17/h1-7,10,13,26H,8-9,11-12,14H2. The van der Waals surface area contributed by atoms with Crippen molar-refractivity contribution in [2.75, 3.05) is 6.54 Å². The summed E-state index contributed by atoms with van der Waals surface area (Å²) in [5.41, 5.74) is 5.32. The Balaban J connectivity index is 1.47. The molecule has 2 aromatic heterocycles. The second-order valence-corrected chi connectivity index (χ2v) is 7.30. The molecule has 4 aromatic rings. The third-order valence-electron chi connectivity index (χ3n) is 5.43. The van der Waals surface area contributed by atoms with E-state index in [1.54, 1.807) is 4.68 Å². The van der Waals surface area contributed by atoms with Gasteiger partial charge in [0.05, 0.1) is 16.9 Å². The zero-order valence-electron chi connectivity index (χ0n) is 15.8. The van der Waals surface area contributed by atoms with E-state index in [-0.39, 0.29) is 0 Å². The van der Waals surface area contributed by atoms with Gasteiger partial charge in [-0.2, -0.15) is 5.10 Å². The van der Waals surface area contributed by atoms with Crippen LogP contribution in [0.25, 0.3) is 16.6 Å². The molecule has 0 bridgehead atoms. The van der Waals surface area contributed by atoms with Crippen molar-refractivity contribution < 1.29 is 8.78 Å². The number of pyridine rings is 1. The summed E-state index contributed by atoms with van der Waals surface area (Å²) in [7, 11) is 0. The molecule has 0 radical (unpaired) electrons. The Labute approximate surface area is 167 Å². The minimum absolute atomic E-state index is 0.291. The number of rotatable bonds is 4. The van der Waals surface area contributed by atoms with Gasteiger partial charge in [0.1, 0.15) is 11.5 Å². The summed E-state index contributed by atoms with van der Waals surface area (Å²) in [5.74, 6) is -1.19. The SMILES string of the molecule is Fc1ccc(-n2nc(CCc3ccc4ccccc4n3)c3c2CCNC3)c(F)c1. The van der Waals surface area contributed by atoms with Crippen LogP contribution in [0, 0.1) is 11.6 Å². The smallest absolute Gasteiger partial charge is 0.151 e. The minimum atomic E-state index is -0.600. The fourth-order valence-corrected chi connectivity index (χ4v) is 3.96. The van der Waals surface area contributed by atoms with E-state index in [1.165, 1.54) is 12.1 Å². The first-order chi connectivity index (χ1) is 14.2. The highest BCUT2D eigenvalue weighted by molar-refractivity contribution is 5.78. The highest BCUT2D eigenvalue weighted by Gasteiger charge is 2.22. The van der Waals surface area contributed by atoms with Crippen LogP contribution in [0.4, 0.5) is 8.78 Å². The molecule has 0 aliphatic carbocycles. The normalized spacial score (nSPS) is 13.6. The van der Waals surface area contributed by atoms with E-state index in [4.69, 9.17) is 10.1 Å². The molecule has 0 fully saturated rings. The Kier molecular flexibility index (Phi) is 4.56. The van der Waals surface area contributed by atoms with Crippen molar-refractivity contribution in [1.29, 1.82) is 0 Å². The third-order valence-corrected chi connectivity index (χ3v) is 5.43. The number of halogens is 2. The van der Waals surface area contributed by atoms with E-state index in [2.05, 4.69) is 11.4 Å². The third kappa shape index (κ3) is 3.40. The van der Waals surface area contributed by atoms with E-state index >= 15 is 0 Å². The predicted molar refractivity (Wildman–Crippen MR) is 108 cm³/mol. The molecular weight excluding hydrogens is 370 g/mol. The molecule has 5 rings (SSSR count). The van der Waals surface area contributed by atoms with Crippen molar-refractivity contribution in [3.8, 4) is 5.69 Å². The van der Waals surface area contributed by atoms with Gasteiger partial charge in [-0.15, -0.1) is 0 Å². The van der Waals surface area contributed by atoms with Gasteiger partial charge >= 0.3 is 0 Å². The Morgan fingerprint density at radius 3 is 2.79 bits per heavy atom. The first-order valence-corrected chi connectivity index (χ1v) is 9.79. The summed E-state index contributed by atoms with van der Waals surface area (Å²) in [6.45, 7) is 1.52.